The third-order valence-electron chi connectivity index (χ3n) is 4.79. The van der Waals surface area contributed by atoms with Crippen molar-refractivity contribution in [2.75, 3.05) is 26.3 Å². The van der Waals surface area contributed by atoms with E-state index in [1.807, 2.05) is 31.2 Å². The van der Waals surface area contributed by atoms with Crippen molar-refractivity contribution >= 4 is 11.9 Å². The largest absolute Gasteiger partial charge is 0.490 e. The van der Waals surface area contributed by atoms with E-state index >= 15 is 0 Å². The molecule has 3 saturated heterocycles. The second-order valence-corrected chi connectivity index (χ2v) is 6.50. The smallest absolute Gasteiger partial charge is 0.182 e. The molecule has 3 heterocycles. The molecule has 4 heteroatoms. The Balaban J connectivity index is 1.82. The zero-order valence-corrected chi connectivity index (χ0v) is 14.7. The minimum absolute atomic E-state index is 0.226. The molecule has 3 fully saturated rings. The number of unbranched alkanes of at least 4 members (excludes halogenated alkanes) is 1. The molecule has 3 aliphatic heterocycles. The standard InChI is InChI=1S/C20H27NO3/c1-3-5-12-24-18-7-6-15(14-19(18)23-4-2)13-17-20(22)16-8-10-21(17)11-9-16/h6-7,13-14,16H,3-5,8-12H2,1-2H3/b17-13-. The molecule has 130 valence electrons. The fourth-order valence-corrected chi connectivity index (χ4v) is 3.40. The van der Waals surface area contributed by atoms with Gasteiger partial charge in [0.2, 0.25) is 0 Å². The van der Waals surface area contributed by atoms with Crippen LogP contribution in [0.5, 0.6) is 11.5 Å². The number of rotatable bonds is 7. The Morgan fingerprint density at radius 2 is 1.96 bits per heavy atom. The summed E-state index contributed by atoms with van der Waals surface area (Å²) in [5, 5.41) is 0. The van der Waals surface area contributed by atoms with Gasteiger partial charge < -0.3 is 14.4 Å². The molecule has 4 rings (SSSR count). The number of nitrogens with zero attached hydrogens (tertiary/aromatic N) is 1. The molecule has 0 amide bonds. The van der Waals surface area contributed by atoms with Crippen LogP contribution in [-0.4, -0.2) is 37.0 Å². The molecule has 4 nitrogen and oxygen atoms in total. The Kier molecular flexibility index (Phi) is 5.44. The quantitative estimate of drug-likeness (QED) is 0.562. The number of ketones is 1. The van der Waals surface area contributed by atoms with Gasteiger partial charge in [0.15, 0.2) is 17.3 Å². The monoisotopic (exact) mass is 329 g/mol. The molecule has 1 aromatic carbocycles. The van der Waals surface area contributed by atoms with Crippen molar-refractivity contribution in [3.8, 4) is 11.5 Å². The first kappa shape index (κ1) is 16.9. The number of fused-ring (bicyclic) bond motifs is 3. The highest BCUT2D eigenvalue weighted by Crippen LogP contribution is 2.34. The van der Waals surface area contributed by atoms with Crippen molar-refractivity contribution in [1.82, 2.24) is 4.90 Å². The number of ether oxygens (including phenoxy) is 2. The Bertz CT molecular complexity index is 615. The zero-order valence-electron chi connectivity index (χ0n) is 14.7. The zero-order chi connectivity index (χ0) is 16.9. The first-order chi connectivity index (χ1) is 11.7. The van der Waals surface area contributed by atoms with Gasteiger partial charge in [0.1, 0.15) is 0 Å². The number of allylic oxidation sites excluding steroid dienone is 1. The lowest BCUT2D eigenvalue weighted by molar-refractivity contribution is -0.125. The van der Waals surface area contributed by atoms with E-state index in [4.69, 9.17) is 9.47 Å². The van der Waals surface area contributed by atoms with E-state index in [0.29, 0.717) is 19.0 Å². The fraction of sp³-hybridized carbons (Fsp3) is 0.550. The molecule has 0 aliphatic carbocycles. The van der Waals surface area contributed by atoms with Crippen molar-refractivity contribution in [1.29, 1.82) is 0 Å². The van der Waals surface area contributed by atoms with Gasteiger partial charge in [-0.2, -0.15) is 0 Å². The van der Waals surface area contributed by atoms with Crippen LogP contribution in [-0.2, 0) is 4.79 Å². The van der Waals surface area contributed by atoms with Crippen molar-refractivity contribution in [2.45, 2.75) is 39.5 Å². The molecule has 3 aliphatic rings. The van der Waals surface area contributed by atoms with Crippen LogP contribution in [0.3, 0.4) is 0 Å². The van der Waals surface area contributed by atoms with Gasteiger partial charge in [-0.05, 0) is 50.0 Å². The van der Waals surface area contributed by atoms with E-state index < -0.39 is 0 Å². The topological polar surface area (TPSA) is 38.8 Å². The molecule has 1 aromatic rings. The van der Waals surface area contributed by atoms with Gasteiger partial charge in [-0.15, -0.1) is 0 Å². The predicted octanol–water partition coefficient (Wildman–Crippen LogP) is 3.90. The summed E-state index contributed by atoms with van der Waals surface area (Å²) in [6, 6.07) is 5.94. The fourth-order valence-electron chi connectivity index (χ4n) is 3.40. The maximum Gasteiger partial charge on any atom is 0.182 e. The highest BCUT2D eigenvalue weighted by atomic mass is 16.5. The summed E-state index contributed by atoms with van der Waals surface area (Å²) in [5.41, 5.74) is 1.86. The summed E-state index contributed by atoms with van der Waals surface area (Å²) in [4.78, 5) is 14.7. The Morgan fingerprint density at radius 1 is 1.17 bits per heavy atom. The van der Waals surface area contributed by atoms with Gasteiger partial charge >= 0.3 is 0 Å². The number of carbonyl (C=O) groups excluding carboxylic acids is 1. The minimum atomic E-state index is 0.226. The molecular weight excluding hydrogens is 302 g/mol. The second-order valence-electron chi connectivity index (χ2n) is 6.50. The normalized spacial score (nSPS) is 19.2. The molecule has 0 radical (unpaired) electrons. The molecule has 0 aromatic heterocycles. The van der Waals surface area contributed by atoms with Crippen LogP contribution in [0, 0.1) is 5.92 Å². The maximum atomic E-state index is 12.5. The Morgan fingerprint density at radius 3 is 2.62 bits per heavy atom. The third kappa shape index (κ3) is 3.58. The number of piperidine rings is 3. The van der Waals surface area contributed by atoms with E-state index in [1.54, 1.807) is 0 Å². The van der Waals surface area contributed by atoms with E-state index in [1.165, 1.54) is 0 Å². The summed E-state index contributed by atoms with van der Waals surface area (Å²) in [7, 11) is 0. The van der Waals surface area contributed by atoms with Gasteiger partial charge in [0.05, 0.1) is 18.9 Å². The molecule has 0 unspecified atom stereocenters. The van der Waals surface area contributed by atoms with Crippen LogP contribution in [0.1, 0.15) is 45.1 Å². The van der Waals surface area contributed by atoms with E-state index in [9.17, 15) is 4.79 Å². The first-order valence-electron chi connectivity index (χ1n) is 9.13. The van der Waals surface area contributed by atoms with E-state index in [2.05, 4.69) is 11.8 Å². The van der Waals surface area contributed by atoms with E-state index in [-0.39, 0.29) is 5.92 Å². The van der Waals surface area contributed by atoms with Crippen LogP contribution < -0.4 is 9.47 Å². The highest BCUT2D eigenvalue weighted by Gasteiger charge is 2.36. The molecule has 0 saturated carbocycles. The highest BCUT2D eigenvalue weighted by molar-refractivity contribution is 6.01. The number of Topliss-reactive ketones (excluding diaryl/α,β-unsaturated/α-hetero) is 1. The van der Waals surface area contributed by atoms with Crippen molar-refractivity contribution in [2.24, 2.45) is 5.92 Å². The molecule has 0 spiro atoms. The SMILES string of the molecule is CCCCOc1ccc(/C=C2/C(=O)C3CCN2CC3)cc1OCC. The summed E-state index contributed by atoms with van der Waals surface area (Å²) in [6.07, 6.45) is 6.15. The Hall–Kier alpha value is -1.97. The lowest BCUT2D eigenvalue weighted by Crippen LogP contribution is -2.45. The second kappa shape index (κ2) is 7.73. The number of carbonyl (C=O) groups is 1. The van der Waals surface area contributed by atoms with Crippen LogP contribution >= 0.6 is 0 Å². The lowest BCUT2D eigenvalue weighted by Gasteiger charge is -2.41. The maximum absolute atomic E-state index is 12.5. The average Bonchev–Trinajstić information content (AvgIpc) is 2.61. The molecule has 24 heavy (non-hydrogen) atoms. The lowest BCUT2D eigenvalue weighted by atomic mass is 9.84. The van der Waals surface area contributed by atoms with E-state index in [0.717, 1.165) is 61.5 Å². The van der Waals surface area contributed by atoms with Crippen LogP contribution in [0.15, 0.2) is 23.9 Å². The van der Waals surface area contributed by atoms with Crippen LogP contribution in [0.4, 0.5) is 0 Å². The molecule has 0 atom stereocenters. The molecular formula is C20H27NO3. The summed E-state index contributed by atoms with van der Waals surface area (Å²) in [6.45, 7) is 7.41. The molecule has 0 N–H and O–H groups in total. The van der Waals surface area contributed by atoms with Gasteiger partial charge in [-0.25, -0.2) is 0 Å². The summed E-state index contributed by atoms with van der Waals surface area (Å²) >= 11 is 0. The average molecular weight is 329 g/mol. The molecule has 2 bridgehead atoms. The number of hydrogen-bond acceptors (Lipinski definition) is 4. The van der Waals surface area contributed by atoms with Gasteiger partial charge in [-0.3, -0.25) is 4.79 Å². The van der Waals surface area contributed by atoms with Crippen LogP contribution in [0.25, 0.3) is 6.08 Å². The van der Waals surface area contributed by atoms with Gasteiger partial charge in [0, 0.05) is 19.0 Å². The van der Waals surface area contributed by atoms with Gasteiger partial charge in [-0.1, -0.05) is 19.4 Å². The number of hydrogen-bond donors (Lipinski definition) is 0. The van der Waals surface area contributed by atoms with Crippen molar-refractivity contribution in [3.05, 3.63) is 29.5 Å². The summed E-state index contributed by atoms with van der Waals surface area (Å²) < 4.78 is 11.6. The third-order valence-corrected chi connectivity index (χ3v) is 4.79. The summed E-state index contributed by atoms with van der Waals surface area (Å²) in [5.74, 6) is 2.06. The minimum Gasteiger partial charge on any atom is -0.490 e. The number of benzene rings is 1. The first-order valence-corrected chi connectivity index (χ1v) is 9.13. The Labute approximate surface area is 144 Å². The van der Waals surface area contributed by atoms with Crippen LogP contribution in [0.2, 0.25) is 0 Å². The van der Waals surface area contributed by atoms with Crippen molar-refractivity contribution in [3.63, 3.8) is 0 Å². The predicted molar refractivity (Wildman–Crippen MR) is 95.3 cm³/mol. The van der Waals surface area contributed by atoms with Gasteiger partial charge in [0.25, 0.3) is 0 Å². The van der Waals surface area contributed by atoms with Crippen molar-refractivity contribution < 1.29 is 14.3 Å².